The summed E-state index contributed by atoms with van der Waals surface area (Å²) in [6.45, 7) is 0. The lowest BCUT2D eigenvalue weighted by atomic mass is 10.1. The molecule has 0 atom stereocenters. The number of benzene rings is 2. The van der Waals surface area contributed by atoms with Crippen LogP contribution in [0.15, 0.2) is 79.1 Å². The van der Waals surface area contributed by atoms with E-state index in [1.165, 1.54) is 18.2 Å². The van der Waals surface area contributed by atoms with Crippen molar-refractivity contribution in [3.05, 3.63) is 79.1 Å². The van der Waals surface area contributed by atoms with Gasteiger partial charge in [-0.25, -0.2) is 9.78 Å². The molecule has 0 saturated carbocycles. The average Bonchev–Trinajstić information content (AvgIpc) is 3.13. The third-order valence-corrected chi connectivity index (χ3v) is 4.14. The first kappa shape index (κ1) is 19.3. The molecule has 6 nitrogen and oxygen atoms in total. The van der Waals surface area contributed by atoms with Crippen LogP contribution in [0, 0.1) is 0 Å². The van der Waals surface area contributed by atoms with Crippen molar-refractivity contribution in [3.63, 3.8) is 0 Å². The minimum absolute atomic E-state index is 0.108. The van der Waals surface area contributed by atoms with Crippen molar-refractivity contribution in [2.45, 2.75) is 6.36 Å². The van der Waals surface area contributed by atoms with E-state index in [0.29, 0.717) is 11.4 Å². The molecule has 0 spiro atoms. The third-order valence-electron chi connectivity index (χ3n) is 4.14. The Balaban J connectivity index is 1.50. The van der Waals surface area contributed by atoms with E-state index >= 15 is 0 Å². The number of pyridine rings is 1. The van der Waals surface area contributed by atoms with Crippen LogP contribution in [0.1, 0.15) is 0 Å². The first-order valence-corrected chi connectivity index (χ1v) is 8.84. The van der Waals surface area contributed by atoms with E-state index < -0.39 is 18.1 Å². The molecule has 2 aromatic carbocycles. The fourth-order valence-electron chi connectivity index (χ4n) is 2.90. The number of fused-ring (bicyclic) bond motifs is 1. The number of carbonyl (C=O) groups excluding carboxylic acids is 1. The van der Waals surface area contributed by atoms with Crippen LogP contribution < -0.4 is 15.4 Å². The van der Waals surface area contributed by atoms with E-state index in [1.54, 1.807) is 18.2 Å². The van der Waals surface area contributed by atoms with Gasteiger partial charge in [-0.15, -0.1) is 13.2 Å². The molecule has 152 valence electrons. The number of rotatable bonds is 4. The molecule has 0 fully saturated rings. The largest absolute Gasteiger partial charge is 0.573 e. The quantitative estimate of drug-likeness (QED) is 0.462. The van der Waals surface area contributed by atoms with Gasteiger partial charge < -0.3 is 19.8 Å². The smallest absolute Gasteiger partial charge is 0.404 e. The molecule has 0 aliphatic rings. The number of aromatic nitrogens is 2. The number of amides is 2. The lowest BCUT2D eigenvalue weighted by Crippen LogP contribution is -2.22. The lowest BCUT2D eigenvalue weighted by Gasteiger charge is -2.14. The molecule has 4 aromatic rings. The zero-order chi connectivity index (χ0) is 21.1. The van der Waals surface area contributed by atoms with Gasteiger partial charge in [-0.3, -0.25) is 0 Å². The lowest BCUT2D eigenvalue weighted by molar-refractivity contribution is -0.274. The van der Waals surface area contributed by atoms with Crippen molar-refractivity contribution in [1.29, 1.82) is 0 Å². The summed E-state index contributed by atoms with van der Waals surface area (Å²) in [5.41, 5.74) is 2.62. The number of hydrogen-bond donors (Lipinski definition) is 2. The predicted molar refractivity (Wildman–Crippen MR) is 106 cm³/mol. The number of imidazole rings is 1. The summed E-state index contributed by atoms with van der Waals surface area (Å²) in [5, 5.41) is 4.97. The molecule has 0 radical (unpaired) electrons. The Hall–Kier alpha value is -4.01. The summed E-state index contributed by atoms with van der Waals surface area (Å²) in [4.78, 5) is 16.8. The number of carbonyl (C=O) groups is 1. The maximum atomic E-state index is 12.5. The minimum atomic E-state index is -4.86. The van der Waals surface area contributed by atoms with Crippen LogP contribution in [0.4, 0.5) is 29.3 Å². The Morgan fingerprint density at radius 1 is 0.967 bits per heavy atom. The predicted octanol–water partition coefficient (Wildman–Crippen LogP) is 5.54. The van der Waals surface area contributed by atoms with E-state index in [0.717, 1.165) is 17.3 Å². The number of alkyl halides is 3. The highest BCUT2D eigenvalue weighted by molar-refractivity contribution is 6.01. The molecule has 2 aromatic heterocycles. The van der Waals surface area contributed by atoms with Crippen molar-refractivity contribution >= 4 is 23.1 Å². The van der Waals surface area contributed by atoms with Gasteiger partial charge in [-0.05, 0) is 36.4 Å². The molecule has 0 saturated heterocycles. The zero-order valence-corrected chi connectivity index (χ0v) is 15.4. The molecule has 0 unspecified atom stereocenters. The van der Waals surface area contributed by atoms with E-state index in [9.17, 15) is 18.0 Å². The van der Waals surface area contributed by atoms with Crippen molar-refractivity contribution in [2.75, 3.05) is 10.6 Å². The molecular weight excluding hydrogens is 397 g/mol. The Labute approximate surface area is 168 Å². The average molecular weight is 412 g/mol. The van der Waals surface area contributed by atoms with Gasteiger partial charge in [0.2, 0.25) is 0 Å². The maximum Gasteiger partial charge on any atom is 0.573 e. The zero-order valence-electron chi connectivity index (χ0n) is 15.4. The van der Waals surface area contributed by atoms with Gasteiger partial charge in [-0.1, -0.05) is 30.3 Å². The summed E-state index contributed by atoms with van der Waals surface area (Å²) in [6.07, 6.45) is -1.13. The molecule has 4 rings (SSSR count). The highest BCUT2D eigenvalue weighted by atomic mass is 19.4. The van der Waals surface area contributed by atoms with E-state index in [2.05, 4.69) is 20.4 Å². The van der Waals surface area contributed by atoms with Crippen LogP contribution >= 0.6 is 0 Å². The van der Waals surface area contributed by atoms with Crippen molar-refractivity contribution in [2.24, 2.45) is 0 Å². The van der Waals surface area contributed by atoms with E-state index in [1.807, 2.05) is 41.1 Å². The van der Waals surface area contributed by atoms with Crippen LogP contribution in [-0.2, 0) is 0 Å². The van der Waals surface area contributed by atoms with Crippen molar-refractivity contribution in [1.82, 2.24) is 9.38 Å². The standard InChI is InChI=1S/C21H15F3N4O2/c22-21(23,24)30-18-9-2-1-8-16(18)27-20(29)25-15-7-5-6-14(12-15)17-13-28-11-4-3-10-19(28)26-17/h1-13H,(H2,25,27,29). The third kappa shape index (κ3) is 4.52. The molecule has 2 N–H and O–H groups in total. The minimum Gasteiger partial charge on any atom is -0.404 e. The fourth-order valence-corrected chi connectivity index (χ4v) is 2.90. The number of nitrogens with one attached hydrogen (secondary N) is 2. The van der Waals surface area contributed by atoms with E-state index in [-0.39, 0.29) is 5.69 Å². The summed E-state index contributed by atoms with van der Waals surface area (Å²) < 4.78 is 43.4. The van der Waals surface area contributed by atoms with Crippen LogP contribution in [-0.4, -0.2) is 21.8 Å². The number of anilines is 2. The Morgan fingerprint density at radius 3 is 2.57 bits per heavy atom. The monoisotopic (exact) mass is 412 g/mol. The molecule has 0 aliphatic carbocycles. The SMILES string of the molecule is O=C(Nc1cccc(-c2cn3ccccc3n2)c1)Nc1ccccc1OC(F)(F)F. The number of ether oxygens (including phenoxy) is 1. The topological polar surface area (TPSA) is 67.7 Å². The first-order chi connectivity index (χ1) is 14.4. The highest BCUT2D eigenvalue weighted by Gasteiger charge is 2.32. The summed E-state index contributed by atoms with van der Waals surface area (Å²) in [6, 6.07) is 17.2. The Kier molecular flexibility index (Phi) is 5.01. The number of para-hydroxylation sites is 2. The van der Waals surface area contributed by atoms with Gasteiger partial charge in [0.25, 0.3) is 0 Å². The first-order valence-electron chi connectivity index (χ1n) is 8.84. The summed E-state index contributed by atoms with van der Waals surface area (Å²) in [7, 11) is 0. The summed E-state index contributed by atoms with van der Waals surface area (Å²) >= 11 is 0. The Morgan fingerprint density at radius 2 is 1.77 bits per heavy atom. The second-order valence-corrected chi connectivity index (χ2v) is 6.30. The van der Waals surface area contributed by atoms with Crippen LogP contribution in [0.3, 0.4) is 0 Å². The number of nitrogens with zero attached hydrogens (tertiary/aromatic N) is 2. The van der Waals surface area contributed by atoms with Crippen LogP contribution in [0.5, 0.6) is 5.75 Å². The molecule has 0 aliphatic heterocycles. The van der Waals surface area contributed by atoms with Gasteiger partial charge in [0, 0.05) is 23.6 Å². The second kappa shape index (κ2) is 7.78. The van der Waals surface area contributed by atoms with Gasteiger partial charge in [0.1, 0.15) is 5.65 Å². The second-order valence-electron chi connectivity index (χ2n) is 6.30. The number of urea groups is 1. The van der Waals surface area contributed by atoms with Gasteiger partial charge in [0.05, 0.1) is 11.4 Å². The van der Waals surface area contributed by atoms with E-state index in [4.69, 9.17) is 0 Å². The summed E-state index contributed by atoms with van der Waals surface area (Å²) in [5.74, 6) is -0.501. The molecule has 9 heteroatoms. The van der Waals surface area contributed by atoms with Gasteiger partial charge in [0.15, 0.2) is 5.75 Å². The van der Waals surface area contributed by atoms with Gasteiger partial charge >= 0.3 is 12.4 Å². The number of halogens is 3. The Bertz CT molecular complexity index is 1170. The molecule has 2 heterocycles. The normalized spacial score (nSPS) is 11.3. The molecule has 0 bridgehead atoms. The fraction of sp³-hybridized carbons (Fsp3) is 0.0476. The molecule has 30 heavy (non-hydrogen) atoms. The molecular formula is C21H15F3N4O2. The molecule has 2 amide bonds. The van der Waals surface area contributed by atoms with Crippen LogP contribution in [0.2, 0.25) is 0 Å². The van der Waals surface area contributed by atoms with Crippen LogP contribution in [0.25, 0.3) is 16.9 Å². The maximum absolute atomic E-state index is 12.5. The number of hydrogen-bond acceptors (Lipinski definition) is 3. The van der Waals surface area contributed by atoms with Crippen molar-refractivity contribution in [3.8, 4) is 17.0 Å². The van der Waals surface area contributed by atoms with Gasteiger partial charge in [-0.2, -0.15) is 0 Å². The van der Waals surface area contributed by atoms with Crippen molar-refractivity contribution < 1.29 is 22.7 Å². The highest BCUT2D eigenvalue weighted by Crippen LogP contribution is 2.30.